The lowest BCUT2D eigenvalue weighted by molar-refractivity contribution is 0.621. The van der Waals surface area contributed by atoms with Gasteiger partial charge >= 0.3 is 0 Å². The molecule has 2 N–H and O–H groups in total. The van der Waals surface area contributed by atoms with E-state index in [2.05, 4.69) is 15.2 Å². The SMILES string of the molecule is Cc1nnc(N(CCCN)c2ccccc2F)nc1C. The lowest BCUT2D eigenvalue weighted by Crippen LogP contribution is -2.24. The summed E-state index contributed by atoms with van der Waals surface area (Å²) in [6.07, 6.45) is 0.713. The van der Waals surface area contributed by atoms with Crippen LogP contribution < -0.4 is 10.6 Å². The van der Waals surface area contributed by atoms with E-state index in [0.717, 1.165) is 11.4 Å². The van der Waals surface area contributed by atoms with Crippen LogP contribution in [-0.4, -0.2) is 28.3 Å². The smallest absolute Gasteiger partial charge is 0.250 e. The Labute approximate surface area is 117 Å². The number of nitrogens with zero attached hydrogens (tertiary/aromatic N) is 4. The summed E-state index contributed by atoms with van der Waals surface area (Å²) in [6.45, 7) is 4.76. The summed E-state index contributed by atoms with van der Waals surface area (Å²) in [6, 6.07) is 6.55. The van der Waals surface area contributed by atoms with Gasteiger partial charge in [-0.1, -0.05) is 12.1 Å². The van der Waals surface area contributed by atoms with Crippen molar-refractivity contribution in [3.63, 3.8) is 0 Å². The number of benzene rings is 1. The van der Waals surface area contributed by atoms with Gasteiger partial charge in [-0.25, -0.2) is 9.37 Å². The number of hydrogen-bond donors (Lipinski definition) is 1. The molecule has 0 saturated heterocycles. The molecule has 0 aliphatic carbocycles. The van der Waals surface area contributed by atoms with Gasteiger partial charge in [0, 0.05) is 6.54 Å². The summed E-state index contributed by atoms with van der Waals surface area (Å²) in [5, 5.41) is 8.12. The van der Waals surface area contributed by atoms with Crippen molar-refractivity contribution in [2.75, 3.05) is 18.0 Å². The summed E-state index contributed by atoms with van der Waals surface area (Å²) >= 11 is 0. The fourth-order valence-corrected chi connectivity index (χ4v) is 1.81. The number of aryl methyl sites for hydroxylation is 2. The molecule has 0 amide bonds. The minimum Gasteiger partial charge on any atom is -0.330 e. The third-order valence-electron chi connectivity index (χ3n) is 3.05. The van der Waals surface area contributed by atoms with Crippen LogP contribution in [0.1, 0.15) is 17.8 Å². The number of nitrogens with two attached hydrogens (primary N) is 1. The Morgan fingerprint density at radius 3 is 2.55 bits per heavy atom. The minimum absolute atomic E-state index is 0.314. The van der Waals surface area contributed by atoms with E-state index in [1.54, 1.807) is 23.1 Å². The number of para-hydroxylation sites is 1. The van der Waals surface area contributed by atoms with Crippen LogP contribution in [-0.2, 0) is 0 Å². The van der Waals surface area contributed by atoms with E-state index in [1.807, 2.05) is 13.8 Å². The van der Waals surface area contributed by atoms with Crippen LogP contribution in [0.2, 0.25) is 0 Å². The molecule has 0 aliphatic heterocycles. The van der Waals surface area contributed by atoms with Gasteiger partial charge in [0.2, 0.25) is 5.95 Å². The van der Waals surface area contributed by atoms with Crippen LogP contribution in [0.5, 0.6) is 0 Å². The summed E-state index contributed by atoms with van der Waals surface area (Å²) in [4.78, 5) is 6.10. The number of hydrogen-bond acceptors (Lipinski definition) is 5. The van der Waals surface area contributed by atoms with E-state index >= 15 is 0 Å². The second-order valence-corrected chi connectivity index (χ2v) is 4.53. The molecule has 1 heterocycles. The quantitative estimate of drug-likeness (QED) is 0.905. The van der Waals surface area contributed by atoms with Gasteiger partial charge < -0.3 is 10.6 Å². The first-order valence-electron chi connectivity index (χ1n) is 6.53. The van der Waals surface area contributed by atoms with Crippen molar-refractivity contribution < 1.29 is 4.39 Å². The number of rotatable bonds is 5. The molecule has 5 nitrogen and oxygen atoms in total. The van der Waals surface area contributed by atoms with E-state index < -0.39 is 0 Å². The highest BCUT2D eigenvalue weighted by molar-refractivity contribution is 5.57. The Bertz CT molecular complexity index is 588. The van der Waals surface area contributed by atoms with Gasteiger partial charge in [-0.2, -0.15) is 5.10 Å². The molecule has 0 aliphatic rings. The monoisotopic (exact) mass is 275 g/mol. The second kappa shape index (κ2) is 6.38. The summed E-state index contributed by atoms with van der Waals surface area (Å²) < 4.78 is 14.0. The molecule has 106 valence electrons. The predicted octanol–water partition coefficient (Wildman–Crippen LogP) is 2.11. The standard InChI is InChI=1S/C14H18FN5/c1-10-11(2)18-19-14(17-10)20(9-5-8-16)13-7-4-3-6-12(13)15/h3-4,6-7H,5,8-9,16H2,1-2H3. The van der Waals surface area contributed by atoms with Crippen LogP contribution in [0.3, 0.4) is 0 Å². The maximum Gasteiger partial charge on any atom is 0.250 e. The van der Waals surface area contributed by atoms with Crippen LogP contribution >= 0.6 is 0 Å². The predicted molar refractivity (Wildman–Crippen MR) is 76.4 cm³/mol. The maximum atomic E-state index is 14.0. The fraction of sp³-hybridized carbons (Fsp3) is 0.357. The molecule has 0 unspecified atom stereocenters. The van der Waals surface area contributed by atoms with Crippen molar-refractivity contribution in [1.29, 1.82) is 0 Å². The largest absolute Gasteiger partial charge is 0.330 e. The highest BCUT2D eigenvalue weighted by Crippen LogP contribution is 2.25. The first kappa shape index (κ1) is 14.3. The van der Waals surface area contributed by atoms with Crippen molar-refractivity contribution in [2.45, 2.75) is 20.3 Å². The van der Waals surface area contributed by atoms with Crippen LogP contribution in [0, 0.1) is 19.7 Å². The van der Waals surface area contributed by atoms with E-state index in [4.69, 9.17) is 5.73 Å². The van der Waals surface area contributed by atoms with Crippen LogP contribution in [0.25, 0.3) is 0 Å². The molecule has 1 aromatic heterocycles. The molecule has 2 aromatic rings. The highest BCUT2D eigenvalue weighted by Gasteiger charge is 2.16. The van der Waals surface area contributed by atoms with Crippen molar-refractivity contribution in [3.05, 3.63) is 41.5 Å². The van der Waals surface area contributed by atoms with Gasteiger partial charge in [-0.15, -0.1) is 5.10 Å². The van der Waals surface area contributed by atoms with E-state index in [-0.39, 0.29) is 5.82 Å². The molecule has 0 radical (unpaired) electrons. The van der Waals surface area contributed by atoms with Gasteiger partial charge in [0.05, 0.1) is 17.1 Å². The van der Waals surface area contributed by atoms with Crippen molar-refractivity contribution in [1.82, 2.24) is 15.2 Å². The fourth-order valence-electron chi connectivity index (χ4n) is 1.81. The van der Waals surface area contributed by atoms with Crippen molar-refractivity contribution >= 4 is 11.6 Å². The van der Waals surface area contributed by atoms with Gasteiger partial charge in [0.15, 0.2) is 0 Å². The molecule has 20 heavy (non-hydrogen) atoms. The molecule has 0 bridgehead atoms. The Kier molecular flexibility index (Phi) is 4.57. The first-order chi connectivity index (χ1) is 9.63. The van der Waals surface area contributed by atoms with E-state index in [1.165, 1.54) is 6.07 Å². The molecule has 2 rings (SSSR count). The van der Waals surface area contributed by atoms with Crippen molar-refractivity contribution in [3.8, 4) is 0 Å². The Hall–Kier alpha value is -2.08. The molecule has 0 fully saturated rings. The molecule has 0 saturated carbocycles. The second-order valence-electron chi connectivity index (χ2n) is 4.53. The molecular weight excluding hydrogens is 257 g/mol. The Balaban J connectivity index is 2.41. The third-order valence-corrected chi connectivity index (χ3v) is 3.05. The number of aromatic nitrogens is 3. The molecule has 0 atom stereocenters. The number of halogens is 1. The van der Waals surface area contributed by atoms with E-state index in [0.29, 0.717) is 31.1 Å². The van der Waals surface area contributed by atoms with Crippen LogP contribution in [0.4, 0.5) is 16.0 Å². The molecule has 1 aromatic carbocycles. The van der Waals surface area contributed by atoms with E-state index in [9.17, 15) is 4.39 Å². The molecule has 6 heteroatoms. The zero-order valence-corrected chi connectivity index (χ0v) is 11.7. The zero-order chi connectivity index (χ0) is 14.5. The molecular formula is C14H18FN5. The average Bonchev–Trinajstić information content (AvgIpc) is 2.44. The van der Waals surface area contributed by atoms with Gasteiger partial charge in [0.25, 0.3) is 0 Å². The van der Waals surface area contributed by atoms with Crippen LogP contribution in [0.15, 0.2) is 24.3 Å². The zero-order valence-electron chi connectivity index (χ0n) is 11.7. The summed E-state index contributed by atoms with van der Waals surface area (Å²) in [5.74, 6) is 0.0815. The van der Waals surface area contributed by atoms with Gasteiger partial charge in [-0.05, 0) is 38.9 Å². The lowest BCUT2D eigenvalue weighted by atomic mass is 10.2. The Morgan fingerprint density at radius 1 is 1.15 bits per heavy atom. The summed E-state index contributed by atoms with van der Waals surface area (Å²) in [5.41, 5.74) is 7.53. The number of anilines is 2. The average molecular weight is 275 g/mol. The Morgan fingerprint density at radius 2 is 1.90 bits per heavy atom. The van der Waals surface area contributed by atoms with Gasteiger partial charge in [-0.3, -0.25) is 0 Å². The first-order valence-corrected chi connectivity index (χ1v) is 6.53. The minimum atomic E-state index is -0.314. The lowest BCUT2D eigenvalue weighted by Gasteiger charge is -2.22. The summed E-state index contributed by atoms with van der Waals surface area (Å²) in [7, 11) is 0. The highest BCUT2D eigenvalue weighted by atomic mass is 19.1. The molecule has 0 spiro atoms. The normalized spacial score (nSPS) is 10.6. The van der Waals surface area contributed by atoms with Crippen molar-refractivity contribution in [2.24, 2.45) is 5.73 Å². The topological polar surface area (TPSA) is 67.9 Å². The van der Waals surface area contributed by atoms with Gasteiger partial charge in [0.1, 0.15) is 5.82 Å². The maximum absolute atomic E-state index is 14.0. The third kappa shape index (κ3) is 3.08.